The number of benzene rings is 1. The van der Waals surface area contributed by atoms with Crippen LogP contribution >= 0.6 is 34.5 Å². The molecule has 1 fully saturated rings. The van der Waals surface area contributed by atoms with Crippen molar-refractivity contribution in [3.8, 4) is 0 Å². The van der Waals surface area contributed by atoms with E-state index in [0.717, 1.165) is 24.4 Å². The molecule has 34 heavy (non-hydrogen) atoms. The van der Waals surface area contributed by atoms with Crippen molar-refractivity contribution >= 4 is 63.6 Å². The molecule has 1 aliphatic rings. The number of halogens is 1. The number of amides is 3. The molecule has 0 radical (unpaired) electrons. The minimum Gasteiger partial charge on any atom is -0.395 e. The van der Waals surface area contributed by atoms with Gasteiger partial charge in [0.1, 0.15) is 4.88 Å². The van der Waals surface area contributed by atoms with Gasteiger partial charge in [-0.15, -0.1) is 11.3 Å². The Morgan fingerprint density at radius 2 is 2.03 bits per heavy atom. The molecule has 0 saturated carbocycles. The fourth-order valence-electron chi connectivity index (χ4n) is 3.66. The maximum Gasteiger partial charge on any atom is 0.273 e. The average molecular weight is 520 g/mol. The van der Waals surface area contributed by atoms with Gasteiger partial charge in [-0.3, -0.25) is 19.3 Å². The minimum atomic E-state index is -1.01. The predicted octanol–water partition coefficient (Wildman–Crippen LogP) is 3.22. The first-order chi connectivity index (χ1) is 16.4. The second-order valence-electron chi connectivity index (χ2n) is 7.59. The quantitative estimate of drug-likeness (QED) is 0.417. The van der Waals surface area contributed by atoms with Gasteiger partial charge in [0, 0.05) is 28.7 Å². The van der Waals surface area contributed by atoms with E-state index in [2.05, 4.69) is 9.69 Å². The van der Waals surface area contributed by atoms with Crippen molar-refractivity contribution < 1.29 is 19.1 Å². The van der Waals surface area contributed by atoms with E-state index in [1.807, 2.05) is 5.38 Å². The van der Waals surface area contributed by atoms with Crippen molar-refractivity contribution in [3.05, 3.63) is 62.2 Å². The second-order valence-corrected chi connectivity index (χ2v) is 9.78. The smallest absolute Gasteiger partial charge is 0.273 e. The highest BCUT2D eigenvalue weighted by atomic mass is 35.5. The first-order valence-corrected chi connectivity index (χ1v) is 12.5. The van der Waals surface area contributed by atoms with Crippen LogP contribution in [0.3, 0.4) is 0 Å². The summed E-state index contributed by atoms with van der Waals surface area (Å²) in [6.45, 7) is 0.995. The Balaban J connectivity index is 1.75. The lowest BCUT2D eigenvalue weighted by Crippen LogP contribution is -2.45. The molecule has 0 spiro atoms. The van der Waals surface area contributed by atoms with Crippen LogP contribution in [-0.4, -0.2) is 41.4 Å². The molecule has 5 N–H and O–H groups in total. The first kappa shape index (κ1) is 24.1. The zero-order valence-corrected chi connectivity index (χ0v) is 20.3. The molecule has 178 valence electrons. The van der Waals surface area contributed by atoms with E-state index in [0.29, 0.717) is 28.7 Å². The van der Waals surface area contributed by atoms with Crippen LogP contribution in [0.2, 0.25) is 5.02 Å². The van der Waals surface area contributed by atoms with Crippen molar-refractivity contribution in [1.82, 2.24) is 9.69 Å². The van der Waals surface area contributed by atoms with Crippen molar-refractivity contribution in [2.45, 2.75) is 25.0 Å². The third kappa shape index (κ3) is 5.07. The standard InChI is InChI=1S/C22H22ClN5O4S2/c23-12-5-7-13(8-6-12)28(22(31)19-16(24)17(20(25)29)27-34-19)18(15-4-2-10-33-15)21(30)26-11-14-3-1-9-32-14/h2,4-8,10,14,18H,1,3,9,11,24H2,(H2,25,29)(H,26,30)/t14-,18+/m1/s1. The van der Waals surface area contributed by atoms with Crippen LogP contribution in [-0.2, 0) is 9.53 Å². The van der Waals surface area contributed by atoms with Crippen LogP contribution in [0.1, 0.15) is 43.9 Å². The predicted molar refractivity (Wildman–Crippen MR) is 132 cm³/mol. The zero-order valence-electron chi connectivity index (χ0n) is 17.9. The van der Waals surface area contributed by atoms with Gasteiger partial charge in [-0.05, 0) is 60.1 Å². The molecule has 3 heterocycles. The Hall–Kier alpha value is -2.99. The van der Waals surface area contributed by atoms with Crippen LogP contribution in [0.4, 0.5) is 11.4 Å². The SMILES string of the molecule is NC(=O)c1nsc(C(=O)N(c2ccc(Cl)cc2)[C@H](C(=O)NC[C@H]2CCCO2)c2cccs2)c1N. The number of nitrogens with zero attached hydrogens (tertiary/aromatic N) is 2. The van der Waals surface area contributed by atoms with E-state index < -0.39 is 17.9 Å². The molecule has 3 amide bonds. The number of nitrogens with one attached hydrogen (secondary N) is 1. The number of thiophene rings is 1. The summed E-state index contributed by atoms with van der Waals surface area (Å²) in [5.74, 6) is -1.80. The molecular weight excluding hydrogens is 498 g/mol. The Morgan fingerprint density at radius 1 is 1.26 bits per heavy atom. The van der Waals surface area contributed by atoms with E-state index in [9.17, 15) is 14.4 Å². The summed E-state index contributed by atoms with van der Waals surface area (Å²) in [5.41, 5.74) is 11.5. The minimum absolute atomic E-state index is 0.0113. The molecule has 9 nitrogen and oxygen atoms in total. The van der Waals surface area contributed by atoms with Gasteiger partial charge in [-0.25, -0.2) is 0 Å². The fourth-order valence-corrected chi connectivity index (χ4v) is 5.34. The lowest BCUT2D eigenvalue weighted by Gasteiger charge is -2.30. The number of carbonyl (C=O) groups is 3. The highest BCUT2D eigenvalue weighted by Crippen LogP contribution is 2.35. The third-order valence-electron chi connectivity index (χ3n) is 5.33. The van der Waals surface area contributed by atoms with Crippen LogP contribution in [0.5, 0.6) is 0 Å². The number of nitrogen functional groups attached to an aromatic ring is 1. The van der Waals surface area contributed by atoms with Crippen molar-refractivity contribution in [2.24, 2.45) is 5.73 Å². The van der Waals surface area contributed by atoms with Gasteiger partial charge in [-0.1, -0.05) is 17.7 Å². The van der Waals surface area contributed by atoms with E-state index in [4.69, 9.17) is 27.8 Å². The van der Waals surface area contributed by atoms with Gasteiger partial charge >= 0.3 is 0 Å². The summed E-state index contributed by atoms with van der Waals surface area (Å²) in [6, 6.07) is 9.10. The number of ether oxygens (including phenoxy) is 1. The zero-order chi connectivity index (χ0) is 24.2. The van der Waals surface area contributed by atoms with E-state index in [1.165, 1.54) is 16.2 Å². The number of carbonyl (C=O) groups excluding carboxylic acids is 3. The molecule has 1 aliphatic heterocycles. The van der Waals surface area contributed by atoms with Crippen LogP contribution in [0, 0.1) is 0 Å². The summed E-state index contributed by atoms with van der Waals surface area (Å²) >= 11 is 8.16. The van der Waals surface area contributed by atoms with Crippen LogP contribution < -0.4 is 21.7 Å². The molecular formula is C22H22ClN5O4S2. The third-order valence-corrected chi connectivity index (χ3v) is 7.35. The summed E-state index contributed by atoms with van der Waals surface area (Å²) in [6.07, 6.45) is 1.73. The van der Waals surface area contributed by atoms with Gasteiger partial charge < -0.3 is 21.5 Å². The van der Waals surface area contributed by atoms with Crippen LogP contribution in [0.15, 0.2) is 41.8 Å². The summed E-state index contributed by atoms with van der Waals surface area (Å²) in [4.78, 5) is 41.0. The summed E-state index contributed by atoms with van der Waals surface area (Å²) < 4.78 is 9.56. The number of nitrogens with two attached hydrogens (primary N) is 2. The number of hydrogen-bond acceptors (Lipinski definition) is 8. The lowest BCUT2D eigenvalue weighted by atomic mass is 10.1. The Morgan fingerprint density at radius 3 is 2.62 bits per heavy atom. The van der Waals surface area contributed by atoms with Gasteiger partial charge in [0.25, 0.3) is 11.8 Å². The molecule has 2 atom stereocenters. The molecule has 1 aromatic carbocycles. The topological polar surface area (TPSA) is 141 Å². The fraction of sp³-hybridized carbons (Fsp3) is 0.273. The molecule has 0 aliphatic carbocycles. The van der Waals surface area contributed by atoms with Gasteiger partial charge in [-0.2, -0.15) is 4.37 Å². The molecule has 2 aromatic heterocycles. The molecule has 0 bridgehead atoms. The summed E-state index contributed by atoms with van der Waals surface area (Å²) in [7, 11) is 0. The monoisotopic (exact) mass is 519 g/mol. The van der Waals surface area contributed by atoms with Crippen LogP contribution in [0.25, 0.3) is 0 Å². The normalized spacial score (nSPS) is 16.2. The molecule has 0 unspecified atom stereocenters. The molecule has 3 aromatic rings. The Bertz CT molecular complexity index is 1180. The van der Waals surface area contributed by atoms with Gasteiger partial charge in [0.15, 0.2) is 11.7 Å². The second kappa shape index (κ2) is 10.5. The van der Waals surface area contributed by atoms with E-state index in [1.54, 1.807) is 36.4 Å². The van der Waals surface area contributed by atoms with Crippen molar-refractivity contribution in [1.29, 1.82) is 0 Å². The number of aromatic nitrogens is 1. The highest BCUT2D eigenvalue weighted by molar-refractivity contribution is 7.10. The maximum atomic E-state index is 13.8. The molecule has 1 saturated heterocycles. The Labute approximate surface area is 208 Å². The van der Waals surface area contributed by atoms with Gasteiger partial charge in [0.05, 0.1) is 11.8 Å². The van der Waals surface area contributed by atoms with Crippen molar-refractivity contribution in [3.63, 3.8) is 0 Å². The summed E-state index contributed by atoms with van der Waals surface area (Å²) in [5, 5.41) is 5.22. The largest absolute Gasteiger partial charge is 0.395 e. The highest BCUT2D eigenvalue weighted by Gasteiger charge is 2.36. The molecule has 12 heteroatoms. The van der Waals surface area contributed by atoms with E-state index >= 15 is 0 Å². The Kier molecular flexibility index (Phi) is 7.47. The van der Waals surface area contributed by atoms with E-state index in [-0.39, 0.29) is 28.3 Å². The number of anilines is 2. The lowest BCUT2D eigenvalue weighted by molar-refractivity contribution is -0.122. The number of primary amides is 1. The molecule has 4 rings (SSSR count). The van der Waals surface area contributed by atoms with Crippen molar-refractivity contribution in [2.75, 3.05) is 23.8 Å². The maximum absolute atomic E-state index is 13.8. The number of rotatable bonds is 8. The number of hydrogen-bond donors (Lipinski definition) is 3. The van der Waals surface area contributed by atoms with Gasteiger partial charge in [0.2, 0.25) is 5.91 Å². The first-order valence-electron chi connectivity index (χ1n) is 10.4. The average Bonchev–Trinajstić information content (AvgIpc) is 3.58.